The Balaban J connectivity index is 2.25. The second-order valence-electron chi connectivity index (χ2n) is 5.76. The fourth-order valence-electron chi connectivity index (χ4n) is 1.51. The van der Waals surface area contributed by atoms with Crippen molar-refractivity contribution in [1.29, 1.82) is 0 Å². The van der Waals surface area contributed by atoms with Gasteiger partial charge in [-0.1, -0.05) is 0 Å². The van der Waals surface area contributed by atoms with Crippen molar-refractivity contribution in [2.75, 3.05) is 18.8 Å². The number of nitrogens with one attached hydrogen (secondary N) is 3. The molecule has 0 spiro atoms. The molecule has 0 atom stereocenters. The summed E-state index contributed by atoms with van der Waals surface area (Å²) in [5, 5.41) is 7.10. The minimum Gasteiger partial charge on any atom is -0.444 e. The van der Waals surface area contributed by atoms with Crippen LogP contribution in [0.1, 0.15) is 31.1 Å². The molecule has 0 aliphatic rings. The van der Waals surface area contributed by atoms with Crippen molar-refractivity contribution in [1.82, 2.24) is 16.0 Å². The highest BCUT2D eigenvalue weighted by molar-refractivity contribution is 6.04. The van der Waals surface area contributed by atoms with Crippen molar-refractivity contribution in [2.24, 2.45) is 0 Å². The summed E-state index contributed by atoms with van der Waals surface area (Å²) in [5.74, 6) is -0.539. The van der Waals surface area contributed by atoms with Gasteiger partial charge >= 0.3 is 12.1 Å². The molecule has 5 N–H and O–H groups in total. The summed E-state index contributed by atoms with van der Waals surface area (Å²) >= 11 is 0. The van der Waals surface area contributed by atoms with Gasteiger partial charge in [0.05, 0.1) is 0 Å². The zero-order valence-corrected chi connectivity index (χ0v) is 13.4. The van der Waals surface area contributed by atoms with Crippen molar-refractivity contribution in [2.45, 2.75) is 26.4 Å². The fraction of sp³-hybridized carbons (Fsp3) is 0.400. The van der Waals surface area contributed by atoms with Crippen molar-refractivity contribution in [3.05, 3.63) is 29.8 Å². The summed E-state index contributed by atoms with van der Waals surface area (Å²) in [7, 11) is 0. The van der Waals surface area contributed by atoms with Crippen molar-refractivity contribution >= 4 is 23.7 Å². The number of ether oxygens (including phenoxy) is 1. The Kier molecular flexibility index (Phi) is 6.37. The molecular weight excluding hydrogens is 300 g/mol. The van der Waals surface area contributed by atoms with E-state index in [0.29, 0.717) is 11.3 Å². The van der Waals surface area contributed by atoms with Crippen LogP contribution in [0.15, 0.2) is 24.3 Å². The molecule has 0 radical (unpaired) electrons. The Morgan fingerprint density at radius 2 is 1.61 bits per heavy atom. The van der Waals surface area contributed by atoms with Crippen LogP contribution < -0.4 is 21.7 Å². The smallest absolute Gasteiger partial charge is 0.407 e. The zero-order valence-electron chi connectivity index (χ0n) is 13.4. The third kappa shape index (κ3) is 7.70. The quantitative estimate of drug-likeness (QED) is 0.490. The number of anilines is 1. The van der Waals surface area contributed by atoms with Crippen LogP contribution in [0.2, 0.25) is 0 Å². The lowest BCUT2D eigenvalue weighted by Crippen LogP contribution is -2.43. The predicted octanol–water partition coefficient (Wildman–Crippen LogP) is 1.23. The van der Waals surface area contributed by atoms with E-state index in [0.717, 1.165) is 0 Å². The maximum Gasteiger partial charge on any atom is 0.407 e. The number of rotatable bonds is 4. The number of alkyl carbamates (subject to hydrolysis) is 1. The first-order valence-corrected chi connectivity index (χ1v) is 7.09. The molecule has 1 aromatic rings. The lowest BCUT2D eigenvalue weighted by atomic mass is 10.2. The second kappa shape index (κ2) is 8.02. The molecule has 0 aliphatic carbocycles. The van der Waals surface area contributed by atoms with Crippen molar-refractivity contribution < 1.29 is 19.1 Å². The van der Waals surface area contributed by atoms with Crippen LogP contribution in [0.4, 0.5) is 15.3 Å². The van der Waals surface area contributed by atoms with Gasteiger partial charge in [-0.3, -0.25) is 10.1 Å². The SMILES string of the molecule is CC(C)(C)OC(=O)NCCNC(=O)NC(=O)c1ccc(N)cc1. The third-order valence-electron chi connectivity index (χ3n) is 2.48. The topological polar surface area (TPSA) is 123 Å². The van der Waals surface area contributed by atoms with Gasteiger partial charge in [-0.15, -0.1) is 0 Å². The van der Waals surface area contributed by atoms with Crippen LogP contribution >= 0.6 is 0 Å². The van der Waals surface area contributed by atoms with Crippen LogP contribution in [0.3, 0.4) is 0 Å². The number of urea groups is 1. The predicted molar refractivity (Wildman–Crippen MR) is 86.0 cm³/mol. The van der Waals surface area contributed by atoms with E-state index in [1.165, 1.54) is 12.1 Å². The van der Waals surface area contributed by atoms with Gasteiger partial charge in [-0.2, -0.15) is 0 Å². The maximum absolute atomic E-state index is 11.8. The van der Waals surface area contributed by atoms with E-state index in [1.54, 1.807) is 32.9 Å². The van der Waals surface area contributed by atoms with Gasteiger partial charge in [-0.05, 0) is 45.0 Å². The van der Waals surface area contributed by atoms with E-state index < -0.39 is 23.6 Å². The minimum absolute atomic E-state index is 0.153. The fourth-order valence-corrected chi connectivity index (χ4v) is 1.51. The summed E-state index contributed by atoms with van der Waals surface area (Å²) in [6.45, 7) is 5.59. The van der Waals surface area contributed by atoms with E-state index in [9.17, 15) is 14.4 Å². The minimum atomic E-state index is -0.655. The van der Waals surface area contributed by atoms with E-state index >= 15 is 0 Å². The highest BCUT2D eigenvalue weighted by Gasteiger charge is 2.15. The average Bonchev–Trinajstić information content (AvgIpc) is 2.42. The first-order valence-electron chi connectivity index (χ1n) is 7.09. The van der Waals surface area contributed by atoms with Crippen LogP contribution in [0.25, 0.3) is 0 Å². The Labute approximate surface area is 134 Å². The molecule has 0 fully saturated rings. The highest BCUT2D eigenvalue weighted by atomic mass is 16.6. The first kappa shape index (κ1) is 18.3. The molecule has 0 aliphatic heterocycles. The van der Waals surface area contributed by atoms with E-state index in [-0.39, 0.29) is 13.1 Å². The Morgan fingerprint density at radius 1 is 1.04 bits per heavy atom. The zero-order chi connectivity index (χ0) is 17.5. The summed E-state index contributed by atoms with van der Waals surface area (Å²) in [4.78, 5) is 34.7. The number of carbonyl (C=O) groups is 3. The molecule has 0 unspecified atom stereocenters. The Hall–Kier alpha value is -2.77. The summed E-state index contributed by atoms with van der Waals surface area (Å²) in [5.41, 5.74) is 5.78. The van der Waals surface area contributed by atoms with Crippen molar-refractivity contribution in [3.63, 3.8) is 0 Å². The van der Waals surface area contributed by atoms with Gasteiger partial charge in [0.25, 0.3) is 5.91 Å². The van der Waals surface area contributed by atoms with Crippen LogP contribution in [0, 0.1) is 0 Å². The molecule has 4 amide bonds. The van der Waals surface area contributed by atoms with Crippen LogP contribution in [-0.4, -0.2) is 36.7 Å². The molecule has 126 valence electrons. The Bertz CT molecular complexity index is 564. The number of nitrogen functional groups attached to an aromatic ring is 1. The standard InChI is InChI=1S/C15H22N4O4/c1-15(2,3)23-14(22)18-9-8-17-13(21)19-12(20)10-4-6-11(16)7-5-10/h4-7H,8-9,16H2,1-3H3,(H,18,22)(H2,17,19,20,21). The molecule has 0 heterocycles. The van der Waals surface area contributed by atoms with Crippen LogP contribution in [-0.2, 0) is 4.74 Å². The van der Waals surface area contributed by atoms with Gasteiger partial charge < -0.3 is 21.1 Å². The highest BCUT2D eigenvalue weighted by Crippen LogP contribution is 2.06. The molecule has 1 aromatic carbocycles. The number of imide groups is 1. The second-order valence-corrected chi connectivity index (χ2v) is 5.76. The monoisotopic (exact) mass is 322 g/mol. The summed E-state index contributed by atoms with van der Waals surface area (Å²) < 4.78 is 5.03. The number of nitrogens with two attached hydrogens (primary N) is 1. The molecule has 23 heavy (non-hydrogen) atoms. The number of hydrogen-bond donors (Lipinski definition) is 4. The normalized spacial score (nSPS) is 10.6. The molecule has 0 aromatic heterocycles. The van der Waals surface area contributed by atoms with Crippen LogP contribution in [0.5, 0.6) is 0 Å². The van der Waals surface area contributed by atoms with Gasteiger partial charge in [-0.25, -0.2) is 9.59 Å². The first-order chi connectivity index (χ1) is 10.7. The molecule has 8 nitrogen and oxygen atoms in total. The average molecular weight is 322 g/mol. The molecule has 0 saturated heterocycles. The number of benzene rings is 1. The molecule has 8 heteroatoms. The number of amides is 4. The Morgan fingerprint density at radius 3 is 2.17 bits per heavy atom. The van der Waals surface area contributed by atoms with E-state index in [1.807, 2.05) is 0 Å². The third-order valence-corrected chi connectivity index (χ3v) is 2.48. The lowest BCUT2D eigenvalue weighted by Gasteiger charge is -2.19. The van der Waals surface area contributed by atoms with Crippen molar-refractivity contribution in [3.8, 4) is 0 Å². The van der Waals surface area contributed by atoms with Gasteiger partial charge in [0.15, 0.2) is 0 Å². The number of carbonyl (C=O) groups excluding carboxylic acids is 3. The van der Waals surface area contributed by atoms with Gasteiger partial charge in [0, 0.05) is 24.3 Å². The number of hydrogen-bond acceptors (Lipinski definition) is 5. The summed E-state index contributed by atoms with van der Waals surface area (Å²) in [6, 6.07) is 5.51. The maximum atomic E-state index is 11.8. The molecule has 0 bridgehead atoms. The molecular formula is C15H22N4O4. The largest absolute Gasteiger partial charge is 0.444 e. The van der Waals surface area contributed by atoms with E-state index in [2.05, 4.69) is 16.0 Å². The molecule has 1 rings (SSSR count). The molecule has 0 saturated carbocycles. The summed E-state index contributed by atoms with van der Waals surface area (Å²) in [6.07, 6.45) is -0.572. The van der Waals surface area contributed by atoms with Gasteiger partial charge in [0.1, 0.15) is 5.60 Å². The van der Waals surface area contributed by atoms with E-state index in [4.69, 9.17) is 10.5 Å². The van der Waals surface area contributed by atoms with Gasteiger partial charge in [0.2, 0.25) is 0 Å². The lowest BCUT2D eigenvalue weighted by molar-refractivity contribution is 0.0528.